The fourth-order valence-electron chi connectivity index (χ4n) is 2.06. The van der Waals surface area contributed by atoms with Crippen molar-refractivity contribution in [1.29, 1.82) is 0 Å². The highest BCUT2D eigenvalue weighted by Crippen LogP contribution is 2.21. The van der Waals surface area contributed by atoms with Gasteiger partial charge in [-0.25, -0.2) is 0 Å². The minimum absolute atomic E-state index is 0.00903. The van der Waals surface area contributed by atoms with Crippen molar-refractivity contribution in [2.45, 2.75) is 59.0 Å². The molecular weight excluding hydrogens is 228 g/mol. The van der Waals surface area contributed by atoms with Crippen LogP contribution in [0.1, 0.15) is 56.2 Å². The van der Waals surface area contributed by atoms with Gasteiger partial charge in [-0.2, -0.15) is 0 Å². The van der Waals surface area contributed by atoms with Gasteiger partial charge < -0.3 is 15.5 Å². The van der Waals surface area contributed by atoms with Crippen LogP contribution in [-0.4, -0.2) is 11.9 Å². The van der Waals surface area contributed by atoms with Crippen LogP contribution in [0.2, 0.25) is 0 Å². The number of carbonyl (C=O) groups is 1. The first-order valence-electron chi connectivity index (χ1n) is 6.52. The van der Waals surface area contributed by atoms with Crippen molar-refractivity contribution in [2.24, 2.45) is 5.73 Å². The van der Waals surface area contributed by atoms with Crippen LogP contribution in [0.25, 0.3) is 0 Å². The van der Waals surface area contributed by atoms with Gasteiger partial charge in [0.15, 0.2) is 0 Å². The van der Waals surface area contributed by atoms with Gasteiger partial charge in [-0.05, 0) is 46.6 Å². The third-order valence-corrected chi connectivity index (χ3v) is 2.99. The number of hydrogen-bond donors (Lipinski definition) is 2. The van der Waals surface area contributed by atoms with Crippen LogP contribution in [0.15, 0.2) is 10.5 Å². The molecule has 0 aliphatic rings. The first-order valence-corrected chi connectivity index (χ1v) is 6.52. The van der Waals surface area contributed by atoms with E-state index < -0.39 is 0 Å². The quantitative estimate of drug-likeness (QED) is 0.817. The second-order valence-corrected chi connectivity index (χ2v) is 5.03. The number of rotatable bonds is 6. The van der Waals surface area contributed by atoms with Crippen molar-refractivity contribution < 1.29 is 9.21 Å². The largest absolute Gasteiger partial charge is 0.466 e. The summed E-state index contributed by atoms with van der Waals surface area (Å²) < 4.78 is 5.46. The van der Waals surface area contributed by atoms with E-state index in [-0.39, 0.29) is 18.0 Å². The molecule has 0 bridgehead atoms. The van der Waals surface area contributed by atoms with E-state index in [1.807, 2.05) is 33.8 Å². The summed E-state index contributed by atoms with van der Waals surface area (Å²) in [5.41, 5.74) is 6.70. The lowest BCUT2D eigenvalue weighted by atomic mass is 10.1. The smallest absolute Gasteiger partial charge is 0.220 e. The number of carbonyl (C=O) groups excluding carboxylic acids is 1. The fourth-order valence-corrected chi connectivity index (χ4v) is 2.06. The highest BCUT2D eigenvalue weighted by molar-refractivity contribution is 5.76. The molecule has 1 heterocycles. The van der Waals surface area contributed by atoms with Crippen LogP contribution in [0.3, 0.4) is 0 Å². The molecule has 1 aromatic rings. The van der Waals surface area contributed by atoms with Crippen LogP contribution in [0.5, 0.6) is 0 Å². The predicted molar refractivity (Wildman–Crippen MR) is 72.2 cm³/mol. The number of hydrogen-bond acceptors (Lipinski definition) is 3. The molecule has 0 aromatic carbocycles. The molecule has 0 spiro atoms. The fraction of sp³-hybridized carbons (Fsp3) is 0.643. The molecule has 2 atom stereocenters. The number of amides is 1. The molecule has 1 aromatic heterocycles. The van der Waals surface area contributed by atoms with Crippen LogP contribution >= 0.6 is 0 Å². The van der Waals surface area contributed by atoms with Gasteiger partial charge in [0.2, 0.25) is 5.91 Å². The molecule has 18 heavy (non-hydrogen) atoms. The molecule has 102 valence electrons. The predicted octanol–water partition coefficient (Wildman–Crippen LogP) is 2.59. The molecule has 0 radical (unpaired) electrons. The summed E-state index contributed by atoms with van der Waals surface area (Å²) in [7, 11) is 0. The lowest BCUT2D eigenvalue weighted by Gasteiger charge is -2.13. The maximum absolute atomic E-state index is 11.7. The molecular formula is C14H24N2O2. The number of aryl methyl sites for hydroxylation is 2. The molecule has 0 saturated heterocycles. The van der Waals surface area contributed by atoms with Crippen LogP contribution in [0.4, 0.5) is 0 Å². The zero-order chi connectivity index (χ0) is 13.7. The lowest BCUT2D eigenvalue weighted by molar-refractivity contribution is -0.121. The Hall–Kier alpha value is -1.29. The monoisotopic (exact) mass is 252 g/mol. The van der Waals surface area contributed by atoms with Gasteiger partial charge in [-0.1, -0.05) is 0 Å². The molecule has 1 rings (SSSR count). The average molecular weight is 252 g/mol. The summed E-state index contributed by atoms with van der Waals surface area (Å²) in [5.74, 6) is 1.82. The summed E-state index contributed by atoms with van der Waals surface area (Å²) in [4.78, 5) is 11.7. The highest BCUT2D eigenvalue weighted by atomic mass is 16.3. The summed E-state index contributed by atoms with van der Waals surface area (Å²) in [6.07, 6.45) is 2.24. The topological polar surface area (TPSA) is 68.3 Å². The van der Waals surface area contributed by atoms with Crippen molar-refractivity contribution in [3.8, 4) is 0 Å². The number of nitrogens with one attached hydrogen (secondary N) is 1. The second kappa shape index (κ2) is 6.59. The standard InChI is InChI=1S/C14H24N2O2/c1-9(15)6-5-7-14(17)16-11(3)13-8-10(2)18-12(13)4/h8-9,11H,5-7,15H2,1-4H3,(H,16,17). The zero-order valence-corrected chi connectivity index (χ0v) is 11.7. The molecule has 0 fully saturated rings. The number of nitrogens with two attached hydrogens (primary N) is 1. The van der Waals surface area contributed by atoms with E-state index >= 15 is 0 Å². The van der Waals surface area contributed by atoms with E-state index in [0.717, 1.165) is 29.9 Å². The molecule has 0 saturated carbocycles. The Balaban J connectivity index is 2.42. The highest BCUT2D eigenvalue weighted by Gasteiger charge is 2.14. The van der Waals surface area contributed by atoms with E-state index in [1.165, 1.54) is 0 Å². The van der Waals surface area contributed by atoms with Crippen LogP contribution in [-0.2, 0) is 4.79 Å². The maximum Gasteiger partial charge on any atom is 0.220 e. The lowest BCUT2D eigenvalue weighted by Crippen LogP contribution is -2.27. The zero-order valence-electron chi connectivity index (χ0n) is 11.7. The first-order chi connectivity index (χ1) is 8.40. The van der Waals surface area contributed by atoms with Gasteiger partial charge in [0.25, 0.3) is 0 Å². The Bertz CT molecular complexity index is 396. The second-order valence-electron chi connectivity index (χ2n) is 5.03. The summed E-state index contributed by atoms with van der Waals surface area (Å²) >= 11 is 0. The Morgan fingerprint density at radius 2 is 2.11 bits per heavy atom. The van der Waals surface area contributed by atoms with Gasteiger partial charge in [0, 0.05) is 18.0 Å². The minimum Gasteiger partial charge on any atom is -0.466 e. The molecule has 4 heteroatoms. The minimum atomic E-state index is -0.00903. The molecule has 2 unspecified atom stereocenters. The molecule has 3 N–H and O–H groups in total. The van der Waals surface area contributed by atoms with E-state index in [4.69, 9.17) is 10.2 Å². The van der Waals surface area contributed by atoms with Crippen molar-refractivity contribution in [3.63, 3.8) is 0 Å². The molecule has 1 amide bonds. The van der Waals surface area contributed by atoms with E-state index in [9.17, 15) is 4.79 Å². The van der Waals surface area contributed by atoms with Crippen molar-refractivity contribution in [2.75, 3.05) is 0 Å². The van der Waals surface area contributed by atoms with Gasteiger partial charge >= 0.3 is 0 Å². The van der Waals surface area contributed by atoms with Crippen molar-refractivity contribution >= 4 is 5.91 Å². The summed E-state index contributed by atoms with van der Waals surface area (Å²) in [6, 6.07) is 2.13. The van der Waals surface area contributed by atoms with E-state index in [1.54, 1.807) is 0 Å². The van der Waals surface area contributed by atoms with Crippen LogP contribution < -0.4 is 11.1 Å². The van der Waals surface area contributed by atoms with Gasteiger partial charge in [0.1, 0.15) is 11.5 Å². The summed E-state index contributed by atoms with van der Waals surface area (Å²) in [6.45, 7) is 7.76. The Kier molecular flexibility index (Phi) is 5.41. The average Bonchev–Trinajstić information content (AvgIpc) is 2.57. The van der Waals surface area contributed by atoms with Gasteiger partial charge in [-0.15, -0.1) is 0 Å². The van der Waals surface area contributed by atoms with Gasteiger partial charge in [0.05, 0.1) is 6.04 Å². The van der Waals surface area contributed by atoms with Gasteiger partial charge in [-0.3, -0.25) is 4.79 Å². The Morgan fingerprint density at radius 1 is 1.44 bits per heavy atom. The number of furan rings is 1. The normalized spacial score (nSPS) is 14.3. The Labute approximate surface area is 109 Å². The van der Waals surface area contributed by atoms with E-state index in [0.29, 0.717) is 6.42 Å². The SMILES string of the molecule is Cc1cc(C(C)NC(=O)CCCC(C)N)c(C)o1. The van der Waals surface area contributed by atoms with E-state index in [2.05, 4.69) is 5.32 Å². The third kappa shape index (κ3) is 4.53. The third-order valence-electron chi connectivity index (χ3n) is 2.99. The Morgan fingerprint density at radius 3 is 2.61 bits per heavy atom. The first kappa shape index (κ1) is 14.8. The summed E-state index contributed by atoms with van der Waals surface area (Å²) in [5, 5.41) is 2.98. The maximum atomic E-state index is 11.7. The molecule has 0 aliphatic carbocycles. The van der Waals surface area contributed by atoms with Crippen LogP contribution in [0, 0.1) is 13.8 Å². The van der Waals surface area contributed by atoms with Crippen molar-refractivity contribution in [3.05, 3.63) is 23.2 Å². The molecule has 0 aliphatic heterocycles. The van der Waals surface area contributed by atoms with Crippen molar-refractivity contribution in [1.82, 2.24) is 5.32 Å². The molecule has 4 nitrogen and oxygen atoms in total.